The van der Waals surface area contributed by atoms with Gasteiger partial charge in [-0.3, -0.25) is 14.1 Å². The molecule has 0 bridgehead atoms. The molecule has 0 N–H and O–H groups in total. The van der Waals surface area contributed by atoms with E-state index in [1.54, 1.807) is 16.5 Å². The molecule has 2 aromatic heterocycles. The van der Waals surface area contributed by atoms with Gasteiger partial charge in [-0.2, -0.15) is 13.2 Å². The quantitative estimate of drug-likeness (QED) is 0.431. The van der Waals surface area contributed by atoms with E-state index < -0.39 is 11.7 Å². The zero-order valence-corrected chi connectivity index (χ0v) is 18.4. The summed E-state index contributed by atoms with van der Waals surface area (Å²) in [4.78, 5) is 22.3. The fraction of sp³-hybridized carbons (Fsp3) is 0.250. The zero-order valence-electron chi connectivity index (χ0n) is 17.6. The number of rotatable bonds is 4. The molecular formula is C24H21F3N4OS. The lowest BCUT2D eigenvalue weighted by molar-refractivity contribution is -0.137. The molecule has 1 fully saturated rings. The molecule has 5 rings (SSSR count). The maximum absolute atomic E-state index is 13.0. The van der Waals surface area contributed by atoms with E-state index in [1.165, 1.54) is 23.5 Å². The molecule has 3 heterocycles. The van der Waals surface area contributed by atoms with Gasteiger partial charge in [-0.05, 0) is 23.8 Å². The van der Waals surface area contributed by atoms with Crippen molar-refractivity contribution in [3.63, 3.8) is 0 Å². The number of anilines is 1. The number of hydrogen-bond donors (Lipinski definition) is 0. The largest absolute Gasteiger partial charge is 0.416 e. The van der Waals surface area contributed by atoms with E-state index in [9.17, 15) is 18.0 Å². The highest BCUT2D eigenvalue weighted by atomic mass is 32.1. The van der Waals surface area contributed by atoms with E-state index in [0.717, 1.165) is 17.3 Å². The summed E-state index contributed by atoms with van der Waals surface area (Å²) in [7, 11) is 0. The first kappa shape index (κ1) is 21.7. The second-order valence-corrected chi connectivity index (χ2v) is 8.84. The van der Waals surface area contributed by atoms with Crippen LogP contribution in [0.3, 0.4) is 0 Å². The van der Waals surface area contributed by atoms with Gasteiger partial charge in [0.25, 0.3) is 5.56 Å². The van der Waals surface area contributed by atoms with Gasteiger partial charge in [0, 0.05) is 49.9 Å². The molecule has 1 aliphatic heterocycles. The van der Waals surface area contributed by atoms with Crippen molar-refractivity contribution in [3.05, 3.63) is 87.7 Å². The highest BCUT2D eigenvalue weighted by molar-refractivity contribution is 7.15. The number of hydrogen-bond acceptors (Lipinski definition) is 5. The Kier molecular flexibility index (Phi) is 5.67. The van der Waals surface area contributed by atoms with Crippen molar-refractivity contribution in [1.29, 1.82) is 0 Å². The second kappa shape index (κ2) is 8.64. The number of benzene rings is 2. The molecule has 1 aliphatic rings. The summed E-state index contributed by atoms with van der Waals surface area (Å²) in [5.41, 5.74) is 2.33. The van der Waals surface area contributed by atoms with Crippen LogP contribution in [-0.2, 0) is 12.7 Å². The molecule has 5 nitrogen and oxygen atoms in total. The van der Waals surface area contributed by atoms with E-state index in [4.69, 9.17) is 4.98 Å². The van der Waals surface area contributed by atoms with Crippen molar-refractivity contribution < 1.29 is 13.2 Å². The number of alkyl halides is 3. The molecule has 170 valence electrons. The van der Waals surface area contributed by atoms with Crippen molar-refractivity contribution in [2.45, 2.75) is 12.7 Å². The third-order valence-corrected chi connectivity index (χ3v) is 6.65. The second-order valence-electron chi connectivity index (χ2n) is 8.00. The Morgan fingerprint density at radius 3 is 2.42 bits per heavy atom. The maximum Gasteiger partial charge on any atom is 0.416 e. The predicted octanol–water partition coefficient (Wildman–Crippen LogP) is 4.76. The number of thiazole rings is 1. The van der Waals surface area contributed by atoms with Crippen molar-refractivity contribution in [1.82, 2.24) is 14.3 Å². The van der Waals surface area contributed by atoms with Gasteiger partial charge in [-0.1, -0.05) is 36.4 Å². The van der Waals surface area contributed by atoms with Gasteiger partial charge in [0.2, 0.25) is 0 Å². The Morgan fingerprint density at radius 2 is 1.70 bits per heavy atom. The van der Waals surface area contributed by atoms with Gasteiger partial charge in [-0.15, -0.1) is 11.3 Å². The Morgan fingerprint density at radius 1 is 0.939 bits per heavy atom. The minimum absolute atomic E-state index is 0.113. The van der Waals surface area contributed by atoms with Crippen LogP contribution in [0.15, 0.2) is 70.8 Å². The molecule has 0 saturated carbocycles. The molecule has 0 aliphatic carbocycles. The van der Waals surface area contributed by atoms with Gasteiger partial charge in [0.05, 0.1) is 17.0 Å². The zero-order chi connectivity index (χ0) is 23.0. The van der Waals surface area contributed by atoms with Crippen molar-refractivity contribution in [3.8, 4) is 11.3 Å². The van der Waals surface area contributed by atoms with E-state index >= 15 is 0 Å². The normalized spacial score (nSPS) is 15.3. The van der Waals surface area contributed by atoms with Crippen LogP contribution < -0.4 is 10.5 Å². The SMILES string of the molecule is O=c1cc(CN2CCN(c3cccc(C(F)(F)F)c3)CC2)nc2scc(-c3ccccc3)n12. The first-order valence-electron chi connectivity index (χ1n) is 10.6. The van der Waals surface area contributed by atoms with E-state index in [0.29, 0.717) is 49.1 Å². The van der Waals surface area contributed by atoms with E-state index in [-0.39, 0.29) is 5.56 Å². The molecular weight excluding hydrogens is 449 g/mol. The maximum atomic E-state index is 13.0. The molecule has 0 radical (unpaired) electrons. The molecule has 33 heavy (non-hydrogen) atoms. The fourth-order valence-corrected chi connectivity index (χ4v) is 5.05. The van der Waals surface area contributed by atoms with Crippen LogP contribution in [-0.4, -0.2) is 40.5 Å². The van der Waals surface area contributed by atoms with Gasteiger partial charge >= 0.3 is 6.18 Å². The van der Waals surface area contributed by atoms with Crippen LogP contribution in [0.4, 0.5) is 18.9 Å². The summed E-state index contributed by atoms with van der Waals surface area (Å²) >= 11 is 1.43. The summed E-state index contributed by atoms with van der Waals surface area (Å²) in [5.74, 6) is 0. The average molecular weight is 471 g/mol. The number of aromatic nitrogens is 2. The third-order valence-electron chi connectivity index (χ3n) is 5.82. The smallest absolute Gasteiger partial charge is 0.369 e. The van der Waals surface area contributed by atoms with Gasteiger partial charge < -0.3 is 4.90 Å². The molecule has 0 spiro atoms. The van der Waals surface area contributed by atoms with Crippen molar-refractivity contribution in [2.75, 3.05) is 31.1 Å². The van der Waals surface area contributed by atoms with Crippen LogP contribution in [0.1, 0.15) is 11.3 Å². The lowest BCUT2D eigenvalue weighted by Crippen LogP contribution is -2.46. The van der Waals surface area contributed by atoms with Crippen LogP contribution in [0.2, 0.25) is 0 Å². The van der Waals surface area contributed by atoms with E-state index in [2.05, 4.69) is 4.90 Å². The Balaban J connectivity index is 1.29. The Bertz CT molecular complexity index is 1330. The lowest BCUT2D eigenvalue weighted by Gasteiger charge is -2.36. The third kappa shape index (κ3) is 4.51. The highest BCUT2D eigenvalue weighted by Gasteiger charge is 2.31. The number of halogens is 3. The highest BCUT2D eigenvalue weighted by Crippen LogP contribution is 2.32. The standard InChI is InChI=1S/C24H21F3N4OS/c25-24(26,27)18-7-4-8-20(13-18)30-11-9-29(10-12-30)15-19-14-22(32)31-21(16-33-23(31)28-19)17-5-2-1-3-6-17/h1-8,13-14,16H,9-12,15H2. The monoisotopic (exact) mass is 470 g/mol. The first-order valence-corrected chi connectivity index (χ1v) is 11.5. The van der Waals surface area contributed by atoms with Crippen LogP contribution in [0.5, 0.6) is 0 Å². The summed E-state index contributed by atoms with van der Waals surface area (Å²) < 4.78 is 40.7. The molecule has 1 saturated heterocycles. The van der Waals surface area contributed by atoms with Gasteiger partial charge in [-0.25, -0.2) is 4.98 Å². The van der Waals surface area contributed by atoms with Crippen molar-refractivity contribution >= 4 is 22.0 Å². The van der Waals surface area contributed by atoms with Crippen LogP contribution in [0, 0.1) is 0 Å². The first-order chi connectivity index (χ1) is 15.9. The predicted molar refractivity (Wildman–Crippen MR) is 124 cm³/mol. The topological polar surface area (TPSA) is 40.9 Å². The van der Waals surface area contributed by atoms with Gasteiger partial charge in [0.15, 0.2) is 4.96 Å². The lowest BCUT2D eigenvalue weighted by atomic mass is 10.1. The van der Waals surface area contributed by atoms with E-state index in [1.807, 2.05) is 40.6 Å². The van der Waals surface area contributed by atoms with Crippen molar-refractivity contribution in [2.24, 2.45) is 0 Å². The fourth-order valence-electron chi connectivity index (χ4n) is 4.13. The molecule has 0 atom stereocenters. The molecule has 0 unspecified atom stereocenters. The number of nitrogens with zero attached hydrogens (tertiary/aromatic N) is 4. The Labute approximate surface area is 192 Å². The number of fused-ring (bicyclic) bond motifs is 1. The minimum Gasteiger partial charge on any atom is -0.369 e. The summed E-state index contributed by atoms with van der Waals surface area (Å²) in [6, 6.07) is 16.8. The van der Waals surface area contributed by atoms with Crippen LogP contribution >= 0.6 is 11.3 Å². The number of piperazine rings is 1. The molecule has 2 aromatic carbocycles. The van der Waals surface area contributed by atoms with Gasteiger partial charge in [0.1, 0.15) is 0 Å². The van der Waals surface area contributed by atoms with Crippen LogP contribution in [0.25, 0.3) is 16.2 Å². The summed E-state index contributed by atoms with van der Waals surface area (Å²) in [5, 5.41) is 1.94. The minimum atomic E-state index is -4.35. The molecule has 4 aromatic rings. The molecule has 0 amide bonds. The summed E-state index contributed by atoms with van der Waals surface area (Å²) in [6.07, 6.45) is -4.35. The molecule has 9 heteroatoms. The summed E-state index contributed by atoms with van der Waals surface area (Å²) in [6.45, 7) is 3.11. The average Bonchev–Trinajstić information content (AvgIpc) is 3.24. The Hall–Kier alpha value is -3.17.